The molecule has 2 N–H and O–H groups in total. The van der Waals surface area contributed by atoms with E-state index in [1.54, 1.807) is 12.4 Å². The van der Waals surface area contributed by atoms with Crippen LogP contribution in [0, 0.1) is 0 Å². The number of nitrogens with one attached hydrogen (secondary N) is 1. The van der Waals surface area contributed by atoms with Gasteiger partial charge in [0.2, 0.25) is 11.7 Å². The van der Waals surface area contributed by atoms with Crippen LogP contribution in [0.1, 0.15) is 18.4 Å². The normalized spacial score (nSPS) is 22.0. The summed E-state index contributed by atoms with van der Waals surface area (Å²) in [6.07, 6.45) is 3.54. The number of benzene rings is 1. The van der Waals surface area contributed by atoms with Gasteiger partial charge in [0.05, 0.1) is 23.2 Å². The zero-order chi connectivity index (χ0) is 14.2. The Morgan fingerprint density at radius 2 is 2.05 bits per heavy atom. The fourth-order valence-electron chi connectivity index (χ4n) is 2.50. The zero-order valence-electron chi connectivity index (χ0n) is 11.1. The molecule has 0 radical (unpaired) electrons. The molecule has 1 aromatic carbocycles. The molecule has 3 aromatic rings. The number of aliphatic hydroxyl groups is 1. The second kappa shape index (κ2) is 4.87. The highest BCUT2D eigenvalue weighted by molar-refractivity contribution is 5.79. The van der Waals surface area contributed by atoms with Crippen molar-refractivity contribution < 1.29 is 9.63 Å². The Morgan fingerprint density at radius 3 is 2.86 bits per heavy atom. The molecular weight excluding hydrogens is 270 g/mol. The lowest BCUT2D eigenvalue weighted by Crippen LogP contribution is -2.15. The molecule has 1 saturated heterocycles. The molecule has 3 heterocycles. The number of hydrogen-bond donors (Lipinski definition) is 2. The van der Waals surface area contributed by atoms with Gasteiger partial charge in [-0.1, -0.05) is 5.16 Å². The summed E-state index contributed by atoms with van der Waals surface area (Å²) in [7, 11) is 0. The van der Waals surface area contributed by atoms with E-state index < -0.39 is 0 Å². The van der Waals surface area contributed by atoms with Crippen LogP contribution in [0.2, 0.25) is 0 Å². The molecule has 1 aliphatic heterocycles. The van der Waals surface area contributed by atoms with Gasteiger partial charge in [-0.25, -0.2) is 0 Å². The predicted octanol–water partition coefficient (Wildman–Crippen LogP) is 1.08. The topological polar surface area (TPSA) is 97.0 Å². The van der Waals surface area contributed by atoms with Gasteiger partial charge < -0.3 is 14.9 Å². The molecule has 0 spiro atoms. The van der Waals surface area contributed by atoms with E-state index in [1.165, 1.54) is 0 Å². The van der Waals surface area contributed by atoms with Crippen molar-refractivity contribution in [3.63, 3.8) is 0 Å². The number of rotatable bonds is 2. The number of nitrogens with zero attached hydrogens (tertiary/aromatic N) is 4. The van der Waals surface area contributed by atoms with Crippen LogP contribution in [0.4, 0.5) is 0 Å². The maximum absolute atomic E-state index is 9.54. The van der Waals surface area contributed by atoms with E-state index >= 15 is 0 Å². The van der Waals surface area contributed by atoms with Gasteiger partial charge in [0, 0.05) is 24.5 Å². The van der Waals surface area contributed by atoms with E-state index in [9.17, 15) is 5.11 Å². The second-order valence-electron chi connectivity index (χ2n) is 5.07. The number of fused-ring (bicyclic) bond motifs is 1. The summed E-state index contributed by atoms with van der Waals surface area (Å²) in [4.78, 5) is 12.9. The van der Waals surface area contributed by atoms with Gasteiger partial charge in [-0.2, -0.15) is 4.98 Å². The molecule has 2 aromatic heterocycles. The van der Waals surface area contributed by atoms with E-state index in [-0.39, 0.29) is 12.1 Å². The lowest BCUT2D eigenvalue weighted by atomic mass is 10.2. The smallest absolute Gasteiger partial charge is 0.244 e. The first-order chi connectivity index (χ1) is 10.3. The Morgan fingerprint density at radius 1 is 1.19 bits per heavy atom. The average molecular weight is 283 g/mol. The number of hydrogen-bond acceptors (Lipinski definition) is 7. The minimum absolute atomic E-state index is 0.0819. The lowest BCUT2D eigenvalue weighted by Gasteiger charge is -2.01. The number of β-amino-alcohol motifs (C(OH)–C–C–N with tert-alkyl or cyclic N) is 1. The average Bonchev–Trinajstić information content (AvgIpc) is 3.15. The first-order valence-corrected chi connectivity index (χ1v) is 6.76. The Balaban J connectivity index is 1.67. The van der Waals surface area contributed by atoms with Gasteiger partial charge in [-0.3, -0.25) is 9.97 Å². The van der Waals surface area contributed by atoms with E-state index in [2.05, 4.69) is 25.4 Å². The summed E-state index contributed by atoms with van der Waals surface area (Å²) in [5.41, 5.74) is 2.44. The third-order valence-corrected chi connectivity index (χ3v) is 3.58. The number of aliphatic hydroxyl groups excluding tert-OH is 1. The van der Waals surface area contributed by atoms with Gasteiger partial charge in [0.15, 0.2) is 0 Å². The summed E-state index contributed by atoms with van der Waals surface area (Å²) in [5.74, 6) is 1.02. The Labute approximate surface area is 120 Å². The molecule has 7 heteroatoms. The molecule has 1 unspecified atom stereocenters. The molecule has 1 aliphatic rings. The molecular formula is C14H13N5O2. The highest BCUT2D eigenvalue weighted by Gasteiger charge is 2.28. The van der Waals surface area contributed by atoms with Crippen molar-refractivity contribution in [1.82, 2.24) is 25.4 Å². The summed E-state index contributed by atoms with van der Waals surface area (Å²) in [6, 6.07) is 5.57. The van der Waals surface area contributed by atoms with E-state index in [0.717, 1.165) is 16.6 Å². The quantitative estimate of drug-likeness (QED) is 0.726. The minimum atomic E-state index is -0.360. The highest BCUT2D eigenvalue weighted by Crippen LogP contribution is 2.25. The lowest BCUT2D eigenvalue weighted by molar-refractivity contribution is 0.191. The molecule has 1 fully saturated rings. The standard InChI is InChI=1S/C14H13N5O2/c20-9-6-12(17-7-9)14-18-13(19-21-14)8-1-2-10-11(5-8)16-4-3-15-10/h1-5,9,12,17,20H,6-7H2/t9?,12-/m0/s1. The van der Waals surface area contributed by atoms with Gasteiger partial charge in [-0.05, 0) is 24.6 Å². The predicted molar refractivity (Wildman–Crippen MR) is 74.2 cm³/mol. The maximum atomic E-state index is 9.54. The first kappa shape index (κ1) is 12.4. The Bertz CT molecular complexity index is 788. The van der Waals surface area contributed by atoms with Crippen LogP contribution in [0.15, 0.2) is 35.1 Å². The van der Waals surface area contributed by atoms with Crippen molar-refractivity contribution in [1.29, 1.82) is 0 Å². The Kier molecular flexibility index (Phi) is 2.87. The van der Waals surface area contributed by atoms with E-state index in [1.807, 2.05) is 18.2 Å². The largest absolute Gasteiger partial charge is 0.392 e. The molecule has 0 aliphatic carbocycles. The van der Waals surface area contributed by atoms with Gasteiger partial charge in [0.25, 0.3) is 0 Å². The van der Waals surface area contributed by atoms with E-state index in [4.69, 9.17) is 4.52 Å². The fraction of sp³-hybridized carbons (Fsp3) is 0.286. The van der Waals surface area contributed by atoms with Crippen molar-refractivity contribution >= 4 is 11.0 Å². The molecule has 2 atom stereocenters. The van der Waals surface area contributed by atoms with Gasteiger partial charge >= 0.3 is 0 Å². The van der Waals surface area contributed by atoms with Crippen LogP contribution in [-0.2, 0) is 0 Å². The van der Waals surface area contributed by atoms with Crippen LogP contribution in [0.3, 0.4) is 0 Å². The minimum Gasteiger partial charge on any atom is -0.392 e. The van der Waals surface area contributed by atoms with E-state index in [0.29, 0.717) is 24.7 Å². The summed E-state index contributed by atoms with van der Waals surface area (Å²) in [5, 5.41) is 16.7. The summed E-state index contributed by atoms with van der Waals surface area (Å²) >= 11 is 0. The Hall–Kier alpha value is -2.38. The molecule has 21 heavy (non-hydrogen) atoms. The molecule has 7 nitrogen and oxygen atoms in total. The van der Waals surface area contributed by atoms with Crippen molar-refractivity contribution in [2.75, 3.05) is 6.54 Å². The number of aromatic nitrogens is 4. The third kappa shape index (κ3) is 2.26. The van der Waals surface area contributed by atoms with Crippen LogP contribution < -0.4 is 5.32 Å². The van der Waals surface area contributed by atoms with Crippen LogP contribution in [0.5, 0.6) is 0 Å². The van der Waals surface area contributed by atoms with Gasteiger partial charge in [0.1, 0.15) is 0 Å². The van der Waals surface area contributed by atoms with Crippen LogP contribution in [-0.4, -0.2) is 37.9 Å². The SMILES string of the molecule is OC1CN[C@H](c2nc(-c3ccc4nccnc4c3)no2)C1. The maximum Gasteiger partial charge on any atom is 0.244 e. The van der Waals surface area contributed by atoms with Crippen molar-refractivity contribution in [3.05, 3.63) is 36.5 Å². The monoisotopic (exact) mass is 283 g/mol. The highest BCUT2D eigenvalue weighted by atomic mass is 16.5. The zero-order valence-corrected chi connectivity index (χ0v) is 11.1. The summed E-state index contributed by atoms with van der Waals surface area (Å²) < 4.78 is 5.29. The first-order valence-electron chi connectivity index (χ1n) is 6.76. The molecule has 4 rings (SSSR count). The molecule has 0 bridgehead atoms. The third-order valence-electron chi connectivity index (χ3n) is 3.58. The second-order valence-corrected chi connectivity index (χ2v) is 5.07. The van der Waals surface area contributed by atoms with Gasteiger partial charge in [-0.15, -0.1) is 0 Å². The van der Waals surface area contributed by atoms with Crippen LogP contribution >= 0.6 is 0 Å². The van der Waals surface area contributed by atoms with Crippen molar-refractivity contribution in [2.45, 2.75) is 18.6 Å². The fourth-order valence-corrected chi connectivity index (χ4v) is 2.50. The van der Waals surface area contributed by atoms with Crippen molar-refractivity contribution in [2.24, 2.45) is 0 Å². The molecule has 106 valence electrons. The summed E-state index contributed by atoms with van der Waals surface area (Å²) in [6.45, 7) is 0.550. The van der Waals surface area contributed by atoms with Crippen LogP contribution in [0.25, 0.3) is 22.4 Å². The molecule has 0 amide bonds. The van der Waals surface area contributed by atoms with Crippen molar-refractivity contribution in [3.8, 4) is 11.4 Å². The molecule has 0 saturated carbocycles.